The molecule has 0 aromatic heterocycles. The number of methoxy groups -OCH3 is 1. The van der Waals surface area contributed by atoms with Crippen molar-refractivity contribution in [1.29, 1.82) is 0 Å². The molecular formula is C15H18N2O4. The molecule has 1 aromatic rings. The lowest BCUT2D eigenvalue weighted by Crippen LogP contribution is -2.39. The van der Waals surface area contributed by atoms with Gasteiger partial charge in [-0.3, -0.25) is 14.5 Å². The number of ether oxygens (including phenoxy) is 1. The van der Waals surface area contributed by atoms with E-state index in [1.54, 1.807) is 7.11 Å². The molecule has 0 aliphatic rings. The van der Waals surface area contributed by atoms with Gasteiger partial charge in [-0.05, 0) is 17.7 Å². The van der Waals surface area contributed by atoms with Crippen LogP contribution >= 0.6 is 0 Å². The number of terminal acetylenes is 1. The van der Waals surface area contributed by atoms with Gasteiger partial charge in [-0.1, -0.05) is 18.1 Å². The Morgan fingerprint density at radius 2 is 2.19 bits per heavy atom. The van der Waals surface area contributed by atoms with E-state index in [0.29, 0.717) is 12.3 Å². The van der Waals surface area contributed by atoms with E-state index in [2.05, 4.69) is 11.2 Å². The number of hydrogen-bond donors (Lipinski definition) is 2. The highest BCUT2D eigenvalue weighted by atomic mass is 16.5. The SMILES string of the molecule is C#CCN(CC(=O)O)CC(=O)NCc1cccc(OC)c1. The van der Waals surface area contributed by atoms with Crippen molar-refractivity contribution in [3.8, 4) is 18.1 Å². The maximum absolute atomic E-state index is 11.8. The highest BCUT2D eigenvalue weighted by molar-refractivity contribution is 5.79. The van der Waals surface area contributed by atoms with Crippen LogP contribution in [0, 0.1) is 12.3 Å². The van der Waals surface area contributed by atoms with E-state index < -0.39 is 5.97 Å². The van der Waals surface area contributed by atoms with Crippen LogP contribution in [0.1, 0.15) is 5.56 Å². The predicted molar refractivity (Wildman–Crippen MR) is 77.7 cm³/mol. The van der Waals surface area contributed by atoms with Crippen LogP contribution in [0.3, 0.4) is 0 Å². The van der Waals surface area contributed by atoms with Crippen LogP contribution in [0.25, 0.3) is 0 Å². The molecule has 0 aliphatic carbocycles. The molecule has 1 rings (SSSR count). The van der Waals surface area contributed by atoms with E-state index >= 15 is 0 Å². The quantitative estimate of drug-likeness (QED) is 0.675. The number of aliphatic carboxylic acids is 1. The van der Waals surface area contributed by atoms with E-state index in [9.17, 15) is 9.59 Å². The van der Waals surface area contributed by atoms with Crippen LogP contribution in [0.5, 0.6) is 5.75 Å². The molecule has 1 amide bonds. The van der Waals surface area contributed by atoms with Crippen LogP contribution in [0.15, 0.2) is 24.3 Å². The van der Waals surface area contributed by atoms with Crippen LogP contribution in [0.2, 0.25) is 0 Å². The van der Waals surface area contributed by atoms with E-state index in [-0.39, 0.29) is 25.5 Å². The van der Waals surface area contributed by atoms with E-state index in [1.165, 1.54) is 4.90 Å². The predicted octanol–water partition coefficient (Wildman–Crippen LogP) is 0.331. The first-order valence-corrected chi connectivity index (χ1v) is 6.32. The topological polar surface area (TPSA) is 78.9 Å². The van der Waals surface area contributed by atoms with Crippen molar-refractivity contribution in [1.82, 2.24) is 10.2 Å². The zero-order valence-electron chi connectivity index (χ0n) is 11.8. The van der Waals surface area contributed by atoms with Crippen molar-refractivity contribution in [3.63, 3.8) is 0 Å². The third-order valence-corrected chi connectivity index (χ3v) is 2.66. The molecule has 0 spiro atoms. The molecule has 0 heterocycles. The first kappa shape index (κ1) is 16.5. The largest absolute Gasteiger partial charge is 0.497 e. The lowest BCUT2D eigenvalue weighted by Gasteiger charge is -2.16. The molecular weight excluding hydrogens is 272 g/mol. The molecule has 0 atom stereocenters. The van der Waals surface area contributed by atoms with Gasteiger partial charge in [-0.15, -0.1) is 6.42 Å². The van der Waals surface area contributed by atoms with Crippen molar-refractivity contribution >= 4 is 11.9 Å². The molecule has 6 nitrogen and oxygen atoms in total. The van der Waals surface area contributed by atoms with Crippen molar-refractivity contribution in [3.05, 3.63) is 29.8 Å². The summed E-state index contributed by atoms with van der Waals surface area (Å²) >= 11 is 0. The minimum atomic E-state index is -1.02. The summed E-state index contributed by atoms with van der Waals surface area (Å²) in [6.45, 7) is 0.128. The molecule has 0 radical (unpaired) electrons. The maximum atomic E-state index is 11.8. The Labute approximate surface area is 123 Å². The normalized spacial score (nSPS) is 9.95. The average molecular weight is 290 g/mol. The Hall–Kier alpha value is -2.52. The number of rotatable bonds is 8. The number of carboxylic acids is 1. The summed E-state index contributed by atoms with van der Waals surface area (Å²) in [4.78, 5) is 23.8. The molecule has 112 valence electrons. The number of nitrogens with one attached hydrogen (secondary N) is 1. The van der Waals surface area contributed by atoms with Crippen molar-refractivity contribution in [2.24, 2.45) is 0 Å². The molecule has 0 saturated carbocycles. The number of carboxylic acid groups (broad SMARTS) is 1. The number of nitrogens with zero attached hydrogens (tertiary/aromatic N) is 1. The highest BCUT2D eigenvalue weighted by Gasteiger charge is 2.12. The van der Waals surface area contributed by atoms with E-state index in [4.69, 9.17) is 16.3 Å². The van der Waals surface area contributed by atoms with Gasteiger partial charge in [0.15, 0.2) is 0 Å². The zero-order chi connectivity index (χ0) is 15.7. The van der Waals surface area contributed by atoms with Crippen molar-refractivity contribution < 1.29 is 19.4 Å². The van der Waals surface area contributed by atoms with Gasteiger partial charge >= 0.3 is 5.97 Å². The van der Waals surface area contributed by atoms with Gasteiger partial charge in [0.25, 0.3) is 0 Å². The minimum Gasteiger partial charge on any atom is -0.497 e. The number of carbonyl (C=O) groups excluding carboxylic acids is 1. The smallest absolute Gasteiger partial charge is 0.317 e. The Bertz CT molecular complexity index is 537. The summed E-state index contributed by atoms with van der Waals surface area (Å²) in [7, 11) is 1.57. The molecule has 0 saturated heterocycles. The summed E-state index contributed by atoms with van der Waals surface area (Å²) in [6.07, 6.45) is 5.15. The standard InChI is InChI=1S/C15H18N2O4/c1-3-7-17(11-15(19)20)10-14(18)16-9-12-5-4-6-13(8-12)21-2/h1,4-6,8H,7,9-11H2,2H3,(H,16,18)(H,19,20). The molecule has 0 unspecified atom stereocenters. The van der Waals surface area contributed by atoms with Gasteiger partial charge < -0.3 is 15.2 Å². The monoisotopic (exact) mass is 290 g/mol. The lowest BCUT2D eigenvalue weighted by molar-refractivity contribution is -0.138. The summed E-state index contributed by atoms with van der Waals surface area (Å²) in [5.74, 6) is 1.74. The van der Waals surface area contributed by atoms with Gasteiger partial charge in [-0.2, -0.15) is 0 Å². The summed E-state index contributed by atoms with van der Waals surface area (Å²) in [6, 6.07) is 7.32. The maximum Gasteiger partial charge on any atom is 0.317 e. The third-order valence-electron chi connectivity index (χ3n) is 2.66. The molecule has 21 heavy (non-hydrogen) atoms. The number of amides is 1. The lowest BCUT2D eigenvalue weighted by atomic mass is 10.2. The van der Waals surface area contributed by atoms with Crippen LogP contribution in [-0.2, 0) is 16.1 Å². The molecule has 0 fully saturated rings. The second kappa shape index (κ2) is 8.61. The van der Waals surface area contributed by atoms with Crippen LogP contribution in [0.4, 0.5) is 0 Å². The molecule has 2 N–H and O–H groups in total. The van der Waals surface area contributed by atoms with E-state index in [1.807, 2.05) is 24.3 Å². The second-order valence-electron chi connectivity index (χ2n) is 4.37. The zero-order valence-corrected chi connectivity index (χ0v) is 11.8. The second-order valence-corrected chi connectivity index (χ2v) is 4.37. The first-order chi connectivity index (χ1) is 10.0. The Balaban J connectivity index is 2.48. The summed E-state index contributed by atoms with van der Waals surface area (Å²) in [5.41, 5.74) is 0.893. The minimum absolute atomic E-state index is 0.0551. The van der Waals surface area contributed by atoms with E-state index in [0.717, 1.165) is 5.56 Å². The van der Waals surface area contributed by atoms with Gasteiger partial charge in [0.2, 0.25) is 5.91 Å². The van der Waals surface area contributed by atoms with Gasteiger partial charge in [0, 0.05) is 6.54 Å². The highest BCUT2D eigenvalue weighted by Crippen LogP contribution is 2.11. The average Bonchev–Trinajstić information content (AvgIpc) is 2.45. The van der Waals surface area contributed by atoms with Crippen LogP contribution < -0.4 is 10.1 Å². The van der Waals surface area contributed by atoms with Crippen molar-refractivity contribution in [2.75, 3.05) is 26.7 Å². The first-order valence-electron chi connectivity index (χ1n) is 6.32. The van der Waals surface area contributed by atoms with Gasteiger partial charge in [0.05, 0.1) is 26.7 Å². The molecule has 0 bridgehead atoms. The Morgan fingerprint density at radius 3 is 2.81 bits per heavy atom. The van der Waals surface area contributed by atoms with Crippen LogP contribution in [-0.4, -0.2) is 48.6 Å². The Kier molecular flexibility index (Phi) is 6.78. The third kappa shape index (κ3) is 6.45. The van der Waals surface area contributed by atoms with Gasteiger partial charge in [0.1, 0.15) is 5.75 Å². The fourth-order valence-corrected chi connectivity index (χ4v) is 1.73. The summed E-state index contributed by atoms with van der Waals surface area (Å²) < 4.78 is 5.09. The fraction of sp³-hybridized carbons (Fsp3) is 0.333. The Morgan fingerprint density at radius 1 is 1.43 bits per heavy atom. The summed E-state index contributed by atoms with van der Waals surface area (Å²) in [5, 5.41) is 11.4. The molecule has 0 aliphatic heterocycles. The molecule has 1 aromatic carbocycles. The number of hydrogen-bond acceptors (Lipinski definition) is 4. The van der Waals surface area contributed by atoms with Gasteiger partial charge in [-0.25, -0.2) is 0 Å². The number of carbonyl (C=O) groups is 2. The molecule has 6 heteroatoms. The van der Waals surface area contributed by atoms with Crippen molar-refractivity contribution in [2.45, 2.75) is 6.54 Å². The fourth-order valence-electron chi connectivity index (χ4n) is 1.73. The number of benzene rings is 1.